The molecule has 0 aromatic heterocycles. The summed E-state index contributed by atoms with van der Waals surface area (Å²) in [7, 11) is 0. The van der Waals surface area contributed by atoms with Crippen molar-refractivity contribution in [3.05, 3.63) is 58.8 Å². The van der Waals surface area contributed by atoms with Crippen LogP contribution in [0.5, 0.6) is 23.0 Å². The van der Waals surface area contributed by atoms with E-state index in [0.29, 0.717) is 22.1 Å². The van der Waals surface area contributed by atoms with Gasteiger partial charge in [-0.05, 0) is 29.8 Å². The Morgan fingerprint density at radius 1 is 0.800 bits per heavy atom. The molecule has 0 amide bonds. The number of benzene rings is 3. The maximum Gasteiger partial charge on any atom is 0.223 e. The van der Waals surface area contributed by atoms with Gasteiger partial charge in [0.2, 0.25) is 5.43 Å². The molecule has 0 saturated carbocycles. The standard InChI is InChI=1S/C19H12O6/c20-10-3-1-2-9(4-10)19-11-5-13(21)15(23)7-17(11)25-18-8-16(24)14(22)6-12(18)19/h1-8,20-23H. The van der Waals surface area contributed by atoms with E-state index in [1.165, 1.54) is 30.3 Å². The van der Waals surface area contributed by atoms with Gasteiger partial charge >= 0.3 is 0 Å². The molecule has 0 saturated heterocycles. The van der Waals surface area contributed by atoms with Gasteiger partial charge in [0.15, 0.2) is 17.2 Å². The van der Waals surface area contributed by atoms with E-state index in [1.807, 2.05) is 0 Å². The first-order chi connectivity index (χ1) is 11.9. The summed E-state index contributed by atoms with van der Waals surface area (Å²) in [6.07, 6.45) is 0. The molecule has 6 nitrogen and oxygen atoms in total. The van der Waals surface area contributed by atoms with Gasteiger partial charge in [-0.15, -0.1) is 0 Å². The number of aromatic hydroxyl groups is 4. The molecule has 0 spiro atoms. The predicted octanol–water partition coefficient (Wildman–Crippen LogP) is 3.39. The molecule has 2 aromatic rings. The molecule has 0 radical (unpaired) electrons. The van der Waals surface area contributed by atoms with Gasteiger partial charge in [0.1, 0.15) is 17.1 Å². The second-order valence-corrected chi connectivity index (χ2v) is 5.68. The van der Waals surface area contributed by atoms with E-state index >= 15 is 0 Å². The highest BCUT2D eigenvalue weighted by Gasteiger charge is 2.20. The Labute approximate surface area is 140 Å². The lowest BCUT2D eigenvalue weighted by molar-refractivity contribution is 0.404. The average molecular weight is 336 g/mol. The molecule has 0 unspecified atom stereocenters. The summed E-state index contributed by atoms with van der Waals surface area (Å²) < 4.78 is 5.67. The Balaban J connectivity index is 2.24. The van der Waals surface area contributed by atoms with Crippen LogP contribution in [0.2, 0.25) is 0 Å². The number of hydrogen-bond acceptors (Lipinski definition) is 6. The van der Waals surface area contributed by atoms with Crippen LogP contribution in [-0.2, 0) is 0 Å². The summed E-state index contributed by atoms with van der Waals surface area (Å²) in [6.45, 7) is 0. The van der Waals surface area contributed by atoms with Crippen molar-refractivity contribution in [1.29, 1.82) is 0 Å². The zero-order chi connectivity index (χ0) is 17.7. The first-order valence-electron chi connectivity index (χ1n) is 7.39. The fraction of sp³-hybridized carbons (Fsp3) is 0. The Kier molecular flexibility index (Phi) is 3.08. The van der Waals surface area contributed by atoms with Gasteiger partial charge in [-0.2, -0.15) is 0 Å². The Bertz CT molecular complexity index is 1160. The number of rotatable bonds is 1. The van der Waals surface area contributed by atoms with E-state index < -0.39 is 11.2 Å². The third-order valence-corrected chi connectivity index (χ3v) is 4.03. The van der Waals surface area contributed by atoms with Crippen molar-refractivity contribution in [2.24, 2.45) is 0 Å². The third-order valence-electron chi connectivity index (χ3n) is 4.03. The topological polar surface area (TPSA) is 111 Å². The molecule has 124 valence electrons. The summed E-state index contributed by atoms with van der Waals surface area (Å²) in [5.74, 6) is -0.899. The first-order valence-corrected chi connectivity index (χ1v) is 7.39. The largest absolute Gasteiger partial charge is 0.508 e. The van der Waals surface area contributed by atoms with E-state index in [9.17, 15) is 25.2 Å². The number of phenols is 4. The fourth-order valence-corrected chi connectivity index (χ4v) is 2.90. The summed E-state index contributed by atoms with van der Waals surface area (Å²) in [4.78, 5) is 11.8. The second kappa shape index (κ2) is 5.17. The lowest BCUT2D eigenvalue weighted by atomic mass is 9.93. The number of phenolic OH excluding ortho intramolecular Hbond substituents is 4. The Morgan fingerprint density at radius 3 is 2.32 bits per heavy atom. The Hall–Kier alpha value is -3.67. The van der Waals surface area contributed by atoms with Crippen molar-refractivity contribution >= 4 is 11.0 Å². The zero-order valence-corrected chi connectivity index (χ0v) is 12.7. The van der Waals surface area contributed by atoms with Crippen LogP contribution in [0, 0.1) is 0 Å². The quantitative estimate of drug-likeness (QED) is 0.313. The van der Waals surface area contributed by atoms with Gasteiger partial charge in [-0.25, -0.2) is 0 Å². The van der Waals surface area contributed by atoms with Crippen LogP contribution in [0.1, 0.15) is 0 Å². The molecule has 0 bridgehead atoms. The highest BCUT2D eigenvalue weighted by molar-refractivity contribution is 6.03. The van der Waals surface area contributed by atoms with E-state index in [4.69, 9.17) is 4.42 Å². The lowest BCUT2D eigenvalue weighted by Crippen LogP contribution is -2.01. The third kappa shape index (κ3) is 2.31. The molecule has 1 aliphatic carbocycles. The SMILES string of the molecule is O=c1cc2oc3cc(O)c(O)cc3c(-c3cccc(O)c3)c-2cc1O. The van der Waals surface area contributed by atoms with Crippen molar-refractivity contribution in [3.63, 3.8) is 0 Å². The molecular formula is C19H12O6. The molecule has 25 heavy (non-hydrogen) atoms. The minimum absolute atomic E-state index is 0.0345. The van der Waals surface area contributed by atoms with E-state index in [-0.39, 0.29) is 28.6 Å². The molecular weight excluding hydrogens is 324 g/mol. The molecule has 2 aliphatic rings. The first kappa shape index (κ1) is 14.9. The predicted molar refractivity (Wildman–Crippen MR) is 91.2 cm³/mol. The maximum atomic E-state index is 11.8. The molecule has 0 atom stereocenters. The van der Waals surface area contributed by atoms with Crippen molar-refractivity contribution in [2.75, 3.05) is 0 Å². The van der Waals surface area contributed by atoms with Crippen molar-refractivity contribution in [1.82, 2.24) is 0 Å². The highest BCUT2D eigenvalue weighted by Crippen LogP contribution is 2.44. The van der Waals surface area contributed by atoms with Crippen LogP contribution in [0.3, 0.4) is 0 Å². The van der Waals surface area contributed by atoms with Gasteiger partial charge in [0.05, 0.1) is 0 Å². The van der Waals surface area contributed by atoms with Crippen LogP contribution in [0.4, 0.5) is 0 Å². The lowest BCUT2D eigenvalue weighted by Gasteiger charge is -2.16. The van der Waals surface area contributed by atoms with Crippen LogP contribution < -0.4 is 5.43 Å². The smallest absolute Gasteiger partial charge is 0.223 e. The van der Waals surface area contributed by atoms with Gasteiger partial charge in [0.25, 0.3) is 0 Å². The summed E-state index contributed by atoms with van der Waals surface area (Å²) in [6, 6.07) is 11.4. The summed E-state index contributed by atoms with van der Waals surface area (Å²) in [5.41, 5.74) is 1.21. The minimum Gasteiger partial charge on any atom is -0.508 e. The van der Waals surface area contributed by atoms with Crippen LogP contribution in [-0.4, -0.2) is 20.4 Å². The monoisotopic (exact) mass is 336 g/mol. The van der Waals surface area contributed by atoms with Gasteiger partial charge in [0, 0.05) is 28.6 Å². The van der Waals surface area contributed by atoms with Crippen LogP contribution in [0.25, 0.3) is 33.4 Å². The van der Waals surface area contributed by atoms with Gasteiger partial charge in [-0.1, -0.05) is 12.1 Å². The number of hydrogen-bond donors (Lipinski definition) is 4. The van der Waals surface area contributed by atoms with Gasteiger partial charge in [-0.3, -0.25) is 4.79 Å². The van der Waals surface area contributed by atoms with Crippen molar-refractivity contribution in [3.8, 4) is 45.4 Å². The molecule has 1 aliphatic heterocycles. The summed E-state index contributed by atoms with van der Waals surface area (Å²) in [5, 5.41) is 39.7. The highest BCUT2D eigenvalue weighted by atomic mass is 16.3. The minimum atomic E-state index is -0.597. The Morgan fingerprint density at radius 2 is 1.56 bits per heavy atom. The van der Waals surface area contributed by atoms with Crippen molar-refractivity contribution < 1.29 is 24.8 Å². The van der Waals surface area contributed by atoms with Crippen molar-refractivity contribution in [2.45, 2.75) is 0 Å². The van der Waals surface area contributed by atoms with Crippen LogP contribution >= 0.6 is 0 Å². The molecule has 6 heteroatoms. The second-order valence-electron chi connectivity index (χ2n) is 5.68. The molecule has 0 fully saturated rings. The van der Waals surface area contributed by atoms with Crippen LogP contribution in [0.15, 0.2) is 57.7 Å². The van der Waals surface area contributed by atoms with E-state index in [2.05, 4.69) is 0 Å². The zero-order valence-electron chi connectivity index (χ0n) is 12.7. The molecule has 4 rings (SSSR count). The molecule has 4 N–H and O–H groups in total. The molecule has 2 aromatic carbocycles. The fourth-order valence-electron chi connectivity index (χ4n) is 2.90. The van der Waals surface area contributed by atoms with E-state index in [1.54, 1.807) is 12.1 Å². The average Bonchev–Trinajstić information content (AvgIpc) is 2.56. The maximum absolute atomic E-state index is 11.8. The van der Waals surface area contributed by atoms with E-state index in [0.717, 1.165) is 6.07 Å². The molecule has 1 heterocycles. The summed E-state index contributed by atoms with van der Waals surface area (Å²) >= 11 is 0. The van der Waals surface area contributed by atoms with Gasteiger partial charge < -0.3 is 24.8 Å². The number of fused-ring (bicyclic) bond motifs is 2. The normalized spacial score (nSPS) is 11.2.